The van der Waals surface area contributed by atoms with Crippen molar-refractivity contribution in [3.8, 4) is 0 Å². The van der Waals surface area contributed by atoms with E-state index >= 15 is 0 Å². The number of nitrogens with zero attached hydrogens (tertiary/aromatic N) is 1. The normalized spacial score (nSPS) is 12.5. The van der Waals surface area contributed by atoms with Crippen LogP contribution in [0.2, 0.25) is 0 Å². The Kier molecular flexibility index (Phi) is 7.18. The van der Waals surface area contributed by atoms with Gasteiger partial charge in [-0.25, -0.2) is 8.42 Å². The zero-order valence-electron chi connectivity index (χ0n) is 17.0. The number of halogens is 3. The molecule has 0 aromatic heterocycles. The van der Waals surface area contributed by atoms with Gasteiger partial charge in [0.15, 0.2) is 0 Å². The molecule has 1 amide bonds. The van der Waals surface area contributed by atoms with E-state index in [0.717, 1.165) is 22.5 Å². The number of alkyl halides is 3. The summed E-state index contributed by atoms with van der Waals surface area (Å²) in [6.45, 7) is 5.41. The maximum Gasteiger partial charge on any atom is 0.416 e. The van der Waals surface area contributed by atoms with E-state index in [9.17, 15) is 26.4 Å². The SMILES string of the molecule is CC(C)(C)CC(=O)NCCN(c1cccc(C(F)(F)F)c1)S(=O)(=O)c1ccccc1. The van der Waals surface area contributed by atoms with Gasteiger partial charge in [0.1, 0.15) is 0 Å². The van der Waals surface area contributed by atoms with E-state index in [0.29, 0.717) is 0 Å². The van der Waals surface area contributed by atoms with E-state index in [-0.39, 0.29) is 41.4 Å². The molecular formula is C21H25F3N2O3S. The van der Waals surface area contributed by atoms with Gasteiger partial charge in [-0.15, -0.1) is 0 Å². The van der Waals surface area contributed by atoms with Gasteiger partial charge in [-0.05, 0) is 35.7 Å². The van der Waals surface area contributed by atoms with Crippen molar-refractivity contribution in [2.75, 3.05) is 17.4 Å². The summed E-state index contributed by atoms with van der Waals surface area (Å²) in [5.74, 6) is -0.261. The molecule has 30 heavy (non-hydrogen) atoms. The molecule has 2 rings (SSSR count). The van der Waals surface area contributed by atoms with E-state index < -0.39 is 21.8 Å². The highest BCUT2D eigenvalue weighted by Gasteiger charge is 2.32. The van der Waals surface area contributed by atoms with Crippen LogP contribution in [0.25, 0.3) is 0 Å². The summed E-state index contributed by atoms with van der Waals surface area (Å²) in [7, 11) is -4.13. The van der Waals surface area contributed by atoms with Crippen molar-refractivity contribution < 1.29 is 26.4 Å². The van der Waals surface area contributed by atoms with Crippen LogP contribution in [0, 0.1) is 5.41 Å². The molecule has 2 aromatic rings. The second kappa shape index (κ2) is 9.07. The Morgan fingerprint density at radius 3 is 2.20 bits per heavy atom. The number of carbonyl (C=O) groups is 1. The fourth-order valence-corrected chi connectivity index (χ4v) is 4.26. The molecule has 0 aliphatic carbocycles. The molecule has 1 N–H and O–H groups in total. The highest BCUT2D eigenvalue weighted by molar-refractivity contribution is 7.92. The van der Waals surface area contributed by atoms with Crippen LogP contribution < -0.4 is 9.62 Å². The molecule has 5 nitrogen and oxygen atoms in total. The van der Waals surface area contributed by atoms with E-state index in [1.165, 1.54) is 30.3 Å². The first-order chi connectivity index (χ1) is 13.8. The number of carbonyl (C=O) groups excluding carboxylic acids is 1. The lowest BCUT2D eigenvalue weighted by atomic mass is 9.92. The van der Waals surface area contributed by atoms with Crippen LogP contribution in [-0.2, 0) is 21.0 Å². The molecule has 0 saturated carbocycles. The minimum Gasteiger partial charge on any atom is -0.354 e. The maximum absolute atomic E-state index is 13.1. The number of anilines is 1. The van der Waals surface area contributed by atoms with E-state index in [1.54, 1.807) is 6.07 Å². The monoisotopic (exact) mass is 442 g/mol. The third-order valence-electron chi connectivity index (χ3n) is 4.12. The lowest BCUT2D eigenvalue weighted by Crippen LogP contribution is -2.39. The van der Waals surface area contributed by atoms with E-state index in [2.05, 4.69) is 5.32 Å². The summed E-state index contributed by atoms with van der Waals surface area (Å²) in [6, 6.07) is 11.6. The number of sulfonamides is 1. The molecule has 9 heteroatoms. The fourth-order valence-electron chi connectivity index (χ4n) is 2.79. The molecule has 0 saturated heterocycles. The van der Waals surface area contributed by atoms with Gasteiger partial charge >= 0.3 is 6.18 Å². The average molecular weight is 443 g/mol. The van der Waals surface area contributed by atoms with Crippen molar-refractivity contribution >= 4 is 21.6 Å². The van der Waals surface area contributed by atoms with Gasteiger partial charge in [-0.1, -0.05) is 45.0 Å². The van der Waals surface area contributed by atoms with Crippen LogP contribution in [0.1, 0.15) is 32.8 Å². The molecule has 0 aliphatic heterocycles. The Hall–Kier alpha value is -2.55. The Morgan fingerprint density at radius 2 is 1.63 bits per heavy atom. The highest BCUT2D eigenvalue weighted by atomic mass is 32.2. The molecule has 0 radical (unpaired) electrons. The highest BCUT2D eigenvalue weighted by Crippen LogP contribution is 2.33. The minimum atomic E-state index is -4.61. The molecule has 2 aromatic carbocycles. The molecule has 0 aliphatic rings. The molecule has 0 heterocycles. The zero-order chi connectivity index (χ0) is 22.6. The summed E-state index contributed by atoms with van der Waals surface area (Å²) in [6.07, 6.45) is -4.37. The van der Waals surface area contributed by atoms with Crippen LogP contribution in [0.4, 0.5) is 18.9 Å². The van der Waals surface area contributed by atoms with Gasteiger partial charge in [0, 0.05) is 13.0 Å². The summed E-state index contributed by atoms with van der Waals surface area (Å²) >= 11 is 0. The Morgan fingerprint density at radius 1 is 1.00 bits per heavy atom. The number of hydrogen-bond donors (Lipinski definition) is 1. The van der Waals surface area contributed by atoms with Crippen molar-refractivity contribution in [2.24, 2.45) is 5.41 Å². The Balaban J connectivity index is 2.34. The largest absolute Gasteiger partial charge is 0.416 e. The third kappa shape index (κ3) is 6.48. The first kappa shape index (κ1) is 23.7. The first-order valence-corrected chi connectivity index (χ1v) is 10.8. The predicted octanol–water partition coefficient (Wildman–Crippen LogP) is 4.45. The van der Waals surface area contributed by atoms with Gasteiger partial charge in [0.2, 0.25) is 5.91 Å². The number of benzene rings is 2. The number of nitrogens with one attached hydrogen (secondary N) is 1. The van der Waals surface area contributed by atoms with Crippen LogP contribution in [0.5, 0.6) is 0 Å². The lowest BCUT2D eigenvalue weighted by molar-refractivity contribution is -0.137. The quantitative estimate of drug-likeness (QED) is 0.689. The van der Waals surface area contributed by atoms with Gasteiger partial charge in [0.05, 0.1) is 22.7 Å². The number of hydrogen-bond acceptors (Lipinski definition) is 3. The molecular weight excluding hydrogens is 417 g/mol. The topological polar surface area (TPSA) is 66.5 Å². The first-order valence-electron chi connectivity index (χ1n) is 9.32. The zero-order valence-corrected chi connectivity index (χ0v) is 17.8. The van der Waals surface area contributed by atoms with Crippen LogP contribution >= 0.6 is 0 Å². The summed E-state index contributed by atoms with van der Waals surface area (Å²) in [4.78, 5) is 12.0. The minimum absolute atomic E-state index is 0.0444. The van der Waals surface area contributed by atoms with Crippen LogP contribution in [-0.4, -0.2) is 27.4 Å². The third-order valence-corrected chi connectivity index (χ3v) is 5.96. The number of amides is 1. The smallest absolute Gasteiger partial charge is 0.354 e. The van der Waals surface area contributed by atoms with Gasteiger partial charge in [-0.2, -0.15) is 13.2 Å². The molecule has 0 spiro atoms. The Bertz CT molecular complexity index is 969. The van der Waals surface area contributed by atoms with Gasteiger partial charge in [0.25, 0.3) is 10.0 Å². The van der Waals surface area contributed by atoms with Crippen molar-refractivity contribution in [2.45, 2.75) is 38.3 Å². The lowest BCUT2D eigenvalue weighted by Gasteiger charge is -2.26. The molecule has 0 unspecified atom stereocenters. The van der Waals surface area contributed by atoms with Crippen molar-refractivity contribution in [1.29, 1.82) is 0 Å². The average Bonchev–Trinajstić information content (AvgIpc) is 2.64. The molecule has 0 fully saturated rings. The summed E-state index contributed by atoms with van der Waals surface area (Å²) in [5, 5.41) is 2.64. The molecule has 0 atom stereocenters. The standard InChI is InChI=1S/C21H25F3N2O3S/c1-20(2,3)15-19(27)25-12-13-26(30(28,29)18-10-5-4-6-11-18)17-9-7-8-16(14-17)21(22,23)24/h4-11,14H,12-13,15H2,1-3H3,(H,25,27). The second-order valence-corrected chi connectivity index (χ2v) is 9.89. The van der Waals surface area contributed by atoms with Crippen molar-refractivity contribution in [1.82, 2.24) is 5.32 Å². The van der Waals surface area contributed by atoms with Crippen molar-refractivity contribution in [3.05, 3.63) is 60.2 Å². The van der Waals surface area contributed by atoms with E-state index in [1.807, 2.05) is 20.8 Å². The van der Waals surface area contributed by atoms with E-state index in [4.69, 9.17) is 0 Å². The van der Waals surface area contributed by atoms with Gasteiger partial charge < -0.3 is 5.32 Å². The summed E-state index contributed by atoms with van der Waals surface area (Å²) < 4.78 is 66.6. The fraction of sp³-hybridized carbons (Fsp3) is 0.381. The van der Waals surface area contributed by atoms with Crippen LogP contribution in [0.3, 0.4) is 0 Å². The summed E-state index contributed by atoms with van der Waals surface area (Å²) in [5.41, 5.74) is -1.33. The molecule has 164 valence electrons. The Labute approximate surface area is 175 Å². The maximum atomic E-state index is 13.1. The van der Waals surface area contributed by atoms with Crippen LogP contribution in [0.15, 0.2) is 59.5 Å². The van der Waals surface area contributed by atoms with Crippen molar-refractivity contribution in [3.63, 3.8) is 0 Å². The van der Waals surface area contributed by atoms with Gasteiger partial charge in [-0.3, -0.25) is 9.10 Å². The molecule has 0 bridgehead atoms. The second-order valence-electron chi connectivity index (χ2n) is 8.03. The predicted molar refractivity (Wildman–Crippen MR) is 109 cm³/mol. The number of rotatable bonds is 7.